The normalized spacial score (nSPS) is 16.5. The summed E-state index contributed by atoms with van der Waals surface area (Å²) in [6, 6.07) is 12.2. The lowest BCUT2D eigenvalue weighted by Crippen LogP contribution is -2.04. The number of rotatable bonds is 3. The molecule has 0 radical (unpaired) electrons. The maximum absolute atomic E-state index is 11.9. The minimum absolute atomic E-state index is 0.112. The van der Waals surface area contributed by atoms with Gasteiger partial charge in [0.1, 0.15) is 0 Å². The van der Waals surface area contributed by atoms with Crippen LogP contribution in [0.5, 0.6) is 0 Å². The molecule has 0 aliphatic heterocycles. The molecule has 28 heavy (non-hydrogen) atoms. The minimum atomic E-state index is -0.330. The average Bonchev–Trinajstić information content (AvgIpc) is 3.17. The van der Waals surface area contributed by atoms with E-state index in [1.54, 1.807) is 6.07 Å². The summed E-state index contributed by atoms with van der Waals surface area (Å²) in [5, 5.41) is 13.7. The highest BCUT2D eigenvalue weighted by Gasteiger charge is 2.19. The van der Waals surface area contributed by atoms with Crippen molar-refractivity contribution in [2.24, 2.45) is 5.92 Å². The highest BCUT2D eigenvalue weighted by Crippen LogP contribution is 2.36. The van der Waals surface area contributed by atoms with Crippen molar-refractivity contribution in [1.29, 1.82) is 5.26 Å². The van der Waals surface area contributed by atoms with Crippen molar-refractivity contribution >= 4 is 17.1 Å². The van der Waals surface area contributed by atoms with E-state index in [0.29, 0.717) is 5.56 Å². The second-order valence-electron chi connectivity index (χ2n) is 7.12. The Balaban J connectivity index is 1.82. The Bertz CT molecular complexity index is 1130. The summed E-state index contributed by atoms with van der Waals surface area (Å²) < 4.78 is 6.74. The van der Waals surface area contributed by atoms with Gasteiger partial charge in [-0.15, -0.1) is 0 Å². The van der Waals surface area contributed by atoms with Gasteiger partial charge in [-0.3, -0.25) is 0 Å². The van der Waals surface area contributed by atoms with E-state index < -0.39 is 0 Å². The number of nitrogens with zero attached hydrogens (tertiary/aromatic N) is 3. The number of hydrogen-bond donors (Lipinski definition) is 0. The monoisotopic (exact) mass is 371 g/mol. The van der Waals surface area contributed by atoms with E-state index in [1.165, 1.54) is 12.7 Å². The number of pyridine rings is 1. The zero-order chi connectivity index (χ0) is 19.7. The van der Waals surface area contributed by atoms with Crippen molar-refractivity contribution in [3.63, 3.8) is 0 Å². The lowest BCUT2D eigenvalue weighted by atomic mass is 9.86. The Labute approximate surface area is 163 Å². The number of benzene rings is 1. The van der Waals surface area contributed by atoms with Crippen LogP contribution >= 0.6 is 0 Å². The fourth-order valence-electron chi connectivity index (χ4n) is 3.88. The van der Waals surface area contributed by atoms with Gasteiger partial charge in [-0.25, -0.2) is 9.31 Å². The van der Waals surface area contributed by atoms with Crippen LogP contribution in [-0.4, -0.2) is 22.7 Å². The molecule has 5 heteroatoms. The van der Waals surface area contributed by atoms with Crippen molar-refractivity contribution in [1.82, 2.24) is 9.61 Å². The van der Waals surface area contributed by atoms with Gasteiger partial charge in [0.25, 0.3) is 0 Å². The number of fused-ring (bicyclic) bond motifs is 1. The third-order valence-corrected chi connectivity index (χ3v) is 5.42. The fraction of sp³-hybridized carbons (Fsp3) is 0.261. The molecule has 1 atom stereocenters. The van der Waals surface area contributed by atoms with Gasteiger partial charge >= 0.3 is 5.97 Å². The van der Waals surface area contributed by atoms with Gasteiger partial charge in [0, 0.05) is 17.3 Å². The molecule has 4 rings (SSSR count). The lowest BCUT2D eigenvalue weighted by Gasteiger charge is -2.18. The number of carbonyl (C=O) groups is 1. The molecular weight excluding hydrogens is 350 g/mol. The molecule has 1 aromatic carbocycles. The summed E-state index contributed by atoms with van der Waals surface area (Å²) >= 11 is 0. The number of carbonyl (C=O) groups excluding carboxylic acids is 1. The number of aromatic nitrogens is 2. The number of methoxy groups -OCH3 is 1. The van der Waals surface area contributed by atoms with Crippen molar-refractivity contribution < 1.29 is 9.53 Å². The van der Waals surface area contributed by atoms with Crippen LogP contribution < -0.4 is 0 Å². The third-order valence-electron chi connectivity index (χ3n) is 5.42. The highest BCUT2D eigenvalue weighted by atomic mass is 16.5. The van der Waals surface area contributed by atoms with Gasteiger partial charge in [0.15, 0.2) is 0 Å². The van der Waals surface area contributed by atoms with E-state index in [4.69, 9.17) is 10.00 Å². The molecule has 0 N–H and O–H groups in total. The Hall–Kier alpha value is -3.39. The van der Waals surface area contributed by atoms with Crippen molar-refractivity contribution in [2.75, 3.05) is 7.11 Å². The molecule has 2 heterocycles. The molecule has 5 nitrogen and oxygen atoms in total. The summed E-state index contributed by atoms with van der Waals surface area (Å²) in [6.45, 7) is 1.91. The number of allylic oxidation sites excluding steroid dienone is 2. The zero-order valence-corrected chi connectivity index (χ0v) is 16.0. The number of ether oxygens (including phenoxy) is 1. The van der Waals surface area contributed by atoms with E-state index >= 15 is 0 Å². The van der Waals surface area contributed by atoms with Gasteiger partial charge in [-0.1, -0.05) is 24.3 Å². The standard InChI is InChI=1S/C23H21N3O2/c1-15-12-18(9-10-19(15)23(27)28-2)21-14-25-26-11-3-4-20(22(21)26)17-7-5-16(13-24)6-8-17/h3-4,7,9-12,14,16H,5-6,8H2,1-2H3. The van der Waals surface area contributed by atoms with Gasteiger partial charge in [-0.05, 0) is 55.0 Å². The summed E-state index contributed by atoms with van der Waals surface area (Å²) in [4.78, 5) is 11.9. The van der Waals surface area contributed by atoms with Gasteiger partial charge in [0.2, 0.25) is 0 Å². The van der Waals surface area contributed by atoms with Crippen LogP contribution in [-0.2, 0) is 4.74 Å². The lowest BCUT2D eigenvalue weighted by molar-refractivity contribution is 0.0600. The number of esters is 1. The number of aryl methyl sites for hydroxylation is 1. The quantitative estimate of drug-likeness (QED) is 0.620. The van der Waals surface area contributed by atoms with Crippen LogP contribution in [0.2, 0.25) is 0 Å². The Kier molecular flexibility index (Phi) is 4.70. The van der Waals surface area contributed by atoms with Crippen LogP contribution in [0.4, 0.5) is 0 Å². The van der Waals surface area contributed by atoms with E-state index in [-0.39, 0.29) is 11.9 Å². The molecule has 0 saturated heterocycles. The van der Waals surface area contributed by atoms with E-state index in [2.05, 4.69) is 23.3 Å². The molecule has 1 aliphatic rings. The molecule has 3 aromatic rings. The molecule has 0 amide bonds. The average molecular weight is 371 g/mol. The van der Waals surface area contributed by atoms with Crippen molar-refractivity contribution in [3.05, 3.63) is 65.5 Å². The maximum atomic E-state index is 11.9. The molecule has 0 spiro atoms. The molecule has 2 aromatic heterocycles. The largest absolute Gasteiger partial charge is 0.465 e. The Morgan fingerprint density at radius 1 is 1.32 bits per heavy atom. The molecule has 1 unspecified atom stereocenters. The smallest absolute Gasteiger partial charge is 0.338 e. The van der Waals surface area contributed by atoms with Crippen LogP contribution in [0.25, 0.3) is 22.2 Å². The molecule has 1 aliphatic carbocycles. The first-order chi connectivity index (χ1) is 13.6. The topological polar surface area (TPSA) is 67.4 Å². The fourth-order valence-corrected chi connectivity index (χ4v) is 3.88. The maximum Gasteiger partial charge on any atom is 0.338 e. The first-order valence-electron chi connectivity index (χ1n) is 9.37. The number of nitriles is 1. The third kappa shape index (κ3) is 3.07. The van der Waals surface area contributed by atoms with E-state index in [0.717, 1.165) is 47.0 Å². The SMILES string of the molecule is COC(=O)c1ccc(-c2cnn3cccc(C4=CCC(C#N)CC4)c23)cc1C. The predicted molar refractivity (Wildman–Crippen MR) is 108 cm³/mol. The first-order valence-corrected chi connectivity index (χ1v) is 9.37. The number of hydrogen-bond acceptors (Lipinski definition) is 4. The first kappa shape index (κ1) is 18.0. The van der Waals surface area contributed by atoms with Crippen LogP contribution in [0.3, 0.4) is 0 Å². The molecule has 0 fully saturated rings. The van der Waals surface area contributed by atoms with Crippen molar-refractivity contribution in [2.45, 2.75) is 26.2 Å². The molecule has 140 valence electrons. The van der Waals surface area contributed by atoms with Gasteiger partial charge in [0.05, 0.1) is 36.4 Å². The Morgan fingerprint density at radius 3 is 2.86 bits per heavy atom. The predicted octanol–water partition coefficient (Wildman–Crippen LogP) is 4.80. The summed E-state index contributed by atoms with van der Waals surface area (Å²) in [7, 11) is 1.39. The minimum Gasteiger partial charge on any atom is -0.465 e. The summed E-state index contributed by atoms with van der Waals surface area (Å²) in [5.74, 6) is -0.217. The van der Waals surface area contributed by atoms with Crippen LogP contribution in [0.15, 0.2) is 48.8 Å². The molecule has 0 bridgehead atoms. The van der Waals surface area contributed by atoms with Gasteiger partial charge < -0.3 is 4.74 Å². The van der Waals surface area contributed by atoms with E-state index in [9.17, 15) is 4.79 Å². The summed E-state index contributed by atoms with van der Waals surface area (Å²) in [6.07, 6.45) is 8.58. The van der Waals surface area contributed by atoms with Gasteiger partial charge in [-0.2, -0.15) is 10.4 Å². The second-order valence-corrected chi connectivity index (χ2v) is 7.12. The summed E-state index contributed by atoms with van der Waals surface area (Å²) in [5.41, 5.74) is 6.95. The van der Waals surface area contributed by atoms with E-state index in [1.807, 2.05) is 42.0 Å². The molecule has 0 saturated carbocycles. The second kappa shape index (κ2) is 7.32. The van der Waals surface area contributed by atoms with Crippen LogP contribution in [0.1, 0.15) is 40.7 Å². The molecular formula is C23H21N3O2. The Morgan fingerprint density at radius 2 is 2.18 bits per heavy atom. The highest BCUT2D eigenvalue weighted by molar-refractivity contribution is 5.94. The zero-order valence-electron chi connectivity index (χ0n) is 16.0. The van der Waals surface area contributed by atoms with Crippen molar-refractivity contribution in [3.8, 4) is 17.2 Å². The van der Waals surface area contributed by atoms with Crippen LogP contribution in [0, 0.1) is 24.2 Å².